The zero-order chi connectivity index (χ0) is 41.8. The minimum atomic E-state index is 0.462. The maximum atomic E-state index is 2.48. The van der Waals surface area contributed by atoms with Crippen LogP contribution in [0.2, 0.25) is 0 Å². The molecule has 3 heteroatoms. The molecule has 0 aliphatic carbocycles. The SMILES string of the molecule is Cc1cccc(N(c2ccc(C(C)C)cc2)c2ccc3cc4c5ccc(N(c6ccc(C(C)C)cc6)c6cccc(C)c6)cc5n(-c5ccc6ccccc6c5)c4cc3c2)c1. The van der Waals surface area contributed by atoms with Gasteiger partial charge in [0.1, 0.15) is 0 Å². The van der Waals surface area contributed by atoms with Gasteiger partial charge in [-0.25, -0.2) is 0 Å². The van der Waals surface area contributed by atoms with E-state index in [9.17, 15) is 0 Å². The zero-order valence-corrected chi connectivity index (χ0v) is 35.9. The van der Waals surface area contributed by atoms with E-state index in [4.69, 9.17) is 0 Å². The number of benzene rings is 9. The van der Waals surface area contributed by atoms with E-state index in [0.717, 1.165) is 39.8 Å². The summed E-state index contributed by atoms with van der Waals surface area (Å²) < 4.78 is 2.48. The lowest BCUT2D eigenvalue weighted by Crippen LogP contribution is -2.10. The normalized spacial score (nSPS) is 11.7. The lowest BCUT2D eigenvalue weighted by atomic mass is 10.0. The molecular weight excluding hydrogens is 739 g/mol. The summed E-state index contributed by atoms with van der Waals surface area (Å²) in [6.07, 6.45) is 0. The number of hydrogen-bond acceptors (Lipinski definition) is 2. The van der Waals surface area contributed by atoms with E-state index in [1.165, 1.54) is 65.6 Å². The number of aryl methyl sites for hydroxylation is 2. The van der Waals surface area contributed by atoms with Crippen LogP contribution in [0.3, 0.4) is 0 Å². The second-order valence-electron chi connectivity index (χ2n) is 17.3. The molecule has 1 aromatic heterocycles. The van der Waals surface area contributed by atoms with Crippen LogP contribution in [-0.4, -0.2) is 4.57 Å². The first-order valence-electron chi connectivity index (χ1n) is 21.6. The van der Waals surface area contributed by atoms with Crippen molar-refractivity contribution in [1.29, 1.82) is 0 Å². The summed E-state index contributed by atoms with van der Waals surface area (Å²) in [5, 5.41) is 7.32. The molecule has 0 atom stereocenters. The molecule has 3 nitrogen and oxygen atoms in total. The van der Waals surface area contributed by atoms with Crippen molar-refractivity contribution in [3.05, 3.63) is 210 Å². The summed E-state index contributed by atoms with van der Waals surface area (Å²) >= 11 is 0. The van der Waals surface area contributed by atoms with Gasteiger partial charge in [0.25, 0.3) is 0 Å². The molecule has 298 valence electrons. The molecule has 0 saturated carbocycles. The minimum absolute atomic E-state index is 0.462. The van der Waals surface area contributed by atoms with Gasteiger partial charge in [-0.2, -0.15) is 0 Å². The first-order chi connectivity index (χ1) is 29.7. The van der Waals surface area contributed by atoms with E-state index in [2.05, 4.69) is 244 Å². The highest BCUT2D eigenvalue weighted by Crippen LogP contribution is 2.43. The van der Waals surface area contributed by atoms with Gasteiger partial charge in [0, 0.05) is 50.6 Å². The Labute approximate surface area is 359 Å². The number of fused-ring (bicyclic) bond motifs is 5. The van der Waals surface area contributed by atoms with Crippen molar-refractivity contribution in [2.75, 3.05) is 9.80 Å². The fourth-order valence-corrected chi connectivity index (χ4v) is 9.05. The lowest BCUT2D eigenvalue weighted by molar-refractivity contribution is 0.866. The molecule has 0 spiro atoms. The van der Waals surface area contributed by atoms with E-state index in [1.807, 2.05) is 0 Å². The quantitative estimate of drug-likeness (QED) is 0.144. The van der Waals surface area contributed by atoms with Gasteiger partial charge in [-0.05, 0) is 167 Å². The van der Waals surface area contributed by atoms with Gasteiger partial charge in [-0.1, -0.05) is 119 Å². The van der Waals surface area contributed by atoms with E-state index in [-0.39, 0.29) is 0 Å². The van der Waals surface area contributed by atoms with Crippen LogP contribution in [0.25, 0.3) is 49.0 Å². The van der Waals surface area contributed by atoms with E-state index < -0.39 is 0 Å². The second-order valence-corrected chi connectivity index (χ2v) is 17.3. The van der Waals surface area contributed by atoms with Crippen LogP contribution >= 0.6 is 0 Å². The molecule has 61 heavy (non-hydrogen) atoms. The predicted octanol–water partition coefficient (Wildman–Crippen LogP) is 16.9. The molecular formula is C58H51N3. The Morgan fingerprint density at radius 2 is 0.836 bits per heavy atom. The molecule has 0 amide bonds. The number of rotatable bonds is 9. The molecule has 0 fully saturated rings. The summed E-state index contributed by atoms with van der Waals surface area (Å²) in [6.45, 7) is 13.3. The second kappa shape index (κ2) is 15.5. The van der Waals surface area contributed by atoms with Crippen molar-refractivity contribution in [3.63, 3.8) is 0 Å². The Morgan fingerprint density at radius 3 is 1.43 bits per heavy atom. The van der Waals surface area contributed by atoms with Crippen molar-refractivity contribution in [1.82, 2.24) is 4.57 Å². The molecule has 9 aromatic carbocycles. The van der Waals surface area contributed by atoms with Crippen molar-refractivity contribution in [3.8, 4) is 5.69 Å². The van der Waals surface area contributed by atoms with E-state index >= 15 is 0 Å². The van der Waals surface area contributed by atoms with E-state index in [1.54, 1.807) is 0 Å². The van der Waals surface area contributed by atoms with Crippen LogP contribution in [0.5, 0.6) is 0 Å². The maximum Gasteiger partial charge on any atom is 0.0561 e. The smallest absolute Gasteiger partial charge is 0.0561 e. The van der Waals surface area contributed by atoms with Gasteiger partial charge in [-0.15, -0.1) is 0 Å². The van der Waals surface area contributed by atoms with Crippen LogP contribution < -0.4 is 9.80 Å². The third-order valence-electron chi connectivity index (χ3n) is 12.4. The highest BCUT2D eigenvalue weighted by Gasteiger charge is 2.20. The Morgan fingerprint density at radius 1 is 0.344 bits per heavy atom. The molecule has 10 rings (SSSR count). The first-order valence-corrected chi connectivity index (χ1v) is 21.6. The predicted molar refractivity (Wildman–Crippen MR) is 263 cm³/mol. The monoisotopic (exact) mass is 789 g/mol. The Balaban J connectivity index is 1.20. The molecule has 0 aliphatic rings. The average Bonchev–Trinajstić information content (AvgIpc) is 3.58. The fourth-order valence-electron chi connectivity index (χ4n) is 9.05. The molecule has 1 heterocycles. The molecule has 0 bridgehead atoms. The lowest BCUT2D eigenvalue weighted by Gasteiger charge is -2.26. The van der Waals surface area contributed by atoms with Crippen molar-refractivity contribution >= 4 is 77.5 Å². The van der Waals surface area contributed by atoms with Crippen LogP contribution in [0.4, 0.5) is 34.1 Å². The fraction of sp³-hybridized carbons (Fsp3) is 0.138. The third kappa shape index (κ3) is 7.10. The maximum absolute atomic E-state index is 2.48. The van der Waals surface area contributed by atoms with Gasteiger partial charge in [0.2, 0.25) is 0 Å². The number of hydrogen-bond donors (Lipinski definition) is 0. The molecule has 0 N–H and O–H groups in total. The summed E-state index contributed by atoms with van der Waals surface area (Å²) in [7, 11) is 0. The van der Waals surface area contributed by atoms with Gasteiger partial charge < -0.3 is 14.4 Å². The number of anilines is 6. The van der Waals surface area contributed by atoms with Crippen LogP contribution in [-0.2, 0) is 0 Å². The van der Waals surface area contributed by atoms with Crippen molar-refractivity contribution in [2.45, 2.75) is 53.4 Å². The molecule has 0 aliphatic heterocycles. The average molecular weight is 790 g/mol. The van der Waals surface area contributed by atoms with Crippen LogP contribution in [0.1, 0.15) is 61.8 Å². The molecule has 0 unspecified atom stereocenters. The van der Waals surface area contributed by atoms with Crippen molar-refractivity contribution < 1.29 is 0 Å². The van der Waals surface area contributed by atoms with Crippen LogP contribution in [0, 0.1) is 13.8 Å². The van der Waals surface area contributed by atoms with Gasteiger partial charge in [0.05, 0.1) is 11.0 Å². The minimum Gasteiger partial charge on any atom is -0.310 e. The first kappa shape index (κ1) is 38.1. The number of nitrogens with zero attached hydrogens (tertiary/aromatic N) is 3. The van der Waals surface area contributed by atoms with Gasteiger partial charge in [0.15, 0.2) is 0 Å². The van der Waals surface area contributed by atoms with Crippen molar-refractivity contribution in [2.24, 2.45) is 0 Å². The molecule has 10 aromatic rings. The van der Waals surface area contributed by atoms with Gasteiger partial charge >= 0.3 is 0 Å². The Kier molecular flexibility index (Phi) is 9.68. The summed E-state index contributed by atoms with van der Waals surface area (Å²) in [5.41, 5.74) is 15.4. The third-order valence-corrected chi connectivity index (χ3v) is 12.4. The molecule has 0 radical (unpaired) electrons. The summed E-state index contributed by atoms with van der Waals surface area (Å²) in [4.78, 5) is 4.79. The van der Waals surface area contributed by atoms with E-state index in [0.29, 0.717) is 11.8 Å². The number of aromatic nitrogens is 1. The Hall–Kier alpha value is -7.10. The largest absolute Gasteiger partial charge is 0.310 e. The summed E-state index contributed by atoms with van der Waals surface area (Å²) in [5.74, 6) is 0.931. The molecule has 0 saturated heterocycles. The van der Waals surface area contributed by atoms with Gasteiger partial charge in [-0.3, -0.25) is 0 Å². The summed E-state index contributed by atoms with van der Waals surface area (Å²) in [6, 6.07) is 70.0. The Bertz CT molecular complexity index is 3220. The van der Waals surface area contributed by atoms with Crippen LogP contribution in [0.15, 0.2) is 188 Å². The standard InChI is InChI=1S/C58H51N3/c1-38(2)42-17-23-48(24-18-42)59(50-15-9-11-40(5)31-50)52-28-22-46-35-56-55-30-29-54(60(51-16-10-12-41(6)32-51)49-25-19-43(20-26-49)39(3)4)37-58(55)61(57(56)36-47(46)34-52)53-27-21-44-13-7-8-14-45(44)33-53/h7-39H,1-6H3. The zero-order valence-electron chi connectivity index (χ0n) is 35.9. The highest BCUT2D eigenvalue weighted by molar-refractivity contribution is 6.15. The highest BCUT2D eigenvalue weighted by atomic mass is 15.1. The topological polar surface area (TPSA) is 11.4 Å².